The number of carbonyl (C=O) groups excluding carboxylic acids is 1. The Morgan fingerprint density at radius 2 is 2.12 bits per heavy atom. The van der Waals surface area contributed by atoms with E-state index in [9.17, 15) is 4.79 Å². The van der Waals surface area contributed by atoms with E-state index in [-0.39, 0.29) is 17.3 Å². The first-order valence-electron chi connectivity index (χ1n) is 8.08. The van der Waals surface area contributed by atoms with Gasteiger partial charge in [0, 0.05) is 19.6 Å². The van der Waals surface area contributed by atoms with Crippen molar-refractivity contribution in [1.29, 1.82) is 0 Å². The third kappa shape index (κ3) is 2.80. The largest absolute Gasteiger partial charge is 0.464 e. The van der Waals surface area contributed by atoms with E-state index in [1.165, 1.54) is 22.9 Å². The monoisotopic (exact) mass is 355 g/mol. The van der Waals surface area contributed by atoms with E-state index >= 15 is 0 Å². The van der Waals surface area contributed by atoms with Gasteiger partial charge < -0.3 is 10.5 Å². The maximum absolute atomic E-state index is 12.1. The van der Waals surface area contributed by atoms with Crippen LogP contribution in [0.25, 0.3) is 5.82 Å². The zero-order valence-corrected chi connectivity index (χ0v) is 14.1. The molecular formula is C16H17N7O3. The van der Waals surface area contributed by atoms with Crippen LogP contribution < -0.4 is 5.73 Å². The Balaban J connectivity index is 1.68. The summed E-state index contributed by atoms with van der Waals surface area (Å²) in [7, 11) is 1.30. The maximum atomic E-state index is 12.1. The number of ether oxygens (including phenoxy) is 1. The highest BCUT2D eigenvalue weighted by Gasteiger charge is 2.27. The highest BCUT2D eigenvalue weighted by atomic mass is 16.6. The van der Waals surface area contributed by atoms with Crippen molar-refractivity contribution in [2.24, 2.45) is 0 Å². The minimum Gasteiger partial charge on any atom is -0.464 e. The molecular weight excluding hydrogens is 338 g/mol. The van der Waals surface area contributed by atoms with E-state index in [0.29, 0.717) is 12.2 Å². The van der Waals surface area contributed by atoms with Crippen LogP contribution in [-0.2, 0) is 24.2 Å². The predicted octanol–water partition coefficient (Wildman–Crippen LogP) is 0.577. The van der Waals surface area contributed by atoms with Gasteiger partial charge in [0.2, 0.25) is 11.6 Å². The van der Waals surface area contributed by atoms with Gasteiger partial charge >= 0.3 is 5.97 Å². The van der Waals surface area contributed by atoms with Gasteiger partial charge in [-0.2, -0.15) is 4.68 Å². The van der Waals surface area contributed by atoms with Gasteiger partial charge in [-0.3, -0.25) is 4.90 Å². The number of methoxy groups -OCH3 is 1. The van der Waals surface area contributed by atoms with Gasteiger partial charge in [0.15, 0.2) is 5.69 Å². The third-order valence-electron chi connectivity index (χ3n) is 4.42. The Bertz CT molecular complexity index is 949. The van der Waals surface area contributed by atoms with Gasteiger partial charge in [-0.25, -0.2) is 9.42 Å². The Morgan fingerprint density at radius 1 is 1.31 bits per heavy atom. The summed E-state index contributed by atoms with van der Waals surface area (Å²) in [5.41, 5.74) is 9.02. The summed E-state index contributed by atoms with van der Waals surface area (Å²) in [6, 6.07) is 8.32. The van der Waals surface area contributed by atoms with Crippen molar-refractivity contribution in [1.82, 2.24) is 30.2 Å². The molecule has 3 aromatic rings. The van der Waals surface area contributed by atoms with E-state index in [0.717, 1.165) is 19.5 Å². The SMILES string of the molecule is COC(=O)c1nnn(-c2nonc2N)c1CN1CCc2ccccc2C1. The Hall–Kier alpha value is -3.27. The van der Waals surface area contributed by atoms with Gasteiger partial charge in [-0.05, 0) is 27.9 Å². The van der Waals surface area contributed by atoms with E-state index in [1.807, 2.05) is 12.1 Å². The minimum absolute atomic E-state index is 0.0663. The first kappa shape index (κ1) is 16.2. The van der Waals surface area contributed by atoms with Crippen LogP contribution in [0.15, 0.2) is 28.9 Å². The number of benzene rings is 1. The summed E-state index contributed by atoms with van der Waals surface area (Å²) >= 11 is 0. The third-order valence-corrected chi connectivity index (χ3v) is 4.42. The van der Waals surface area contributed by atoms with Crippen LogP contribution >= 0.6 is 0 Å². The molecule has 0 unspecified atom stereocenters. The van der Waals surface area contributed by atoms with E-state index in [4.69, 9.17) is 10.5 Å². The standard InChI is InChI=1S/C16H17N7O3/c1-25-16(24)13-12(23(21-18-13)15-14(17)19-26-20-15)9-22-7-6-10-4-2-3-5-11(10)8-22/h2-5H,6-9H2,1H3,(H2,17,19). The number of nitrogens with zero attached hydrogens (tertiary/aromatic N) is 6. The number of nitrogen functional groups attached to an aromatic ring is 1. The lowest BCUT2D eigenvalue weighted by Gasteiger charge is -2.28. The topological polar surface area (TPSA) is 125 Å². The molecule has 1 aliphatic heterocycles. The summed E-state index contributed by atoms with van der Waals surface area (Å²) in [5, 5.41) is 15.2. The number of anilines is 1. The maximum Gasteiger partial charge on any atom is 0.360 e. The first-order valence-corrected chi connectivity index (χ1v) is 8.08. The highest BCUT2D eigenvalue weighted by molar-refractivity contribution is 5.88. The zero-order valence-electron chi connectivity index (χ0n) is 14.1. The Labute approximate surface area is 148 Å². The lowest BCUT2D eigenvalue weighted by molar-refractivity contribution is 0.0591. The van der Waals surface area contributed by atoms with Gasteiger partial charge in [0.05, 0.1) is 12.8 Å². The van der Waals surface area contributed by atoms with Gasteiger partial charge in [-0.1, -0.05) is 29.5 Å². The second-order valence-corrected chi connectivity index (χ2v) is 5.99. The molecule has 26 heavy (non-hydrogen) atoms. The van der Waals surface area contributed by atoms with Crippen molar-refractivity contribution in [3.63, 3.8) is 0 Å². The number of carbonyl (C=O) groups is 1. The lowest BCUT2D eigenvalue weighted by atomic mass is 10.00. The molecule has 0 atom stereocenters. The molecule has 0 aliphatic carbocycles. The summed E-state index contributed by atoms with van der Waals surface area (Å²) in [4.78, 5) is 14.3. The van der Waals surface area contributed by atoms with E-state index < -0.39 is 5.97 Å². The second kappa shape index (κ2) is 6.56. The smallest absolute Gasteiger partial charge is 0.360 e. The van der Waals surface area contributed by atoms with Crippen molar-refractivity contribution < 1.29 is 14.2 Å². The number of hydrogen-bond donors (Lipinski definition) is 1. The van der Waals surface area contributed by atoms with Crippen LogP contribution in [0.3, 0.4) is 0 Å². The van der Waals surface area contributed by atoms with Crippen LogP contribution in [0.2, 0.25) is 0 Å². The molecule has 0 amide bonds. The van der Waals surface area contributed by atoms with Crippen molar-refractivity contribution in [3.8, 4) is 5.82 Å². The number of fused-ring (bicyclic) bond motifs is 1. The second-order valence-electron chi connectivity index (χ2n) is 5.99. The average Bonchev–Trinajstić information content (AvgIpc) is 3.27. The molecule has 1 aromatic carbocycles. The quantitative estimate of drug-likeness (QED) is 0.669. The molecule has 10 heteroatoms. The van der Waals surface area contributed by atoms with Crippen molar-refractivity contribution in [2.45, 2.75) is 19.5 Å². The molecule has 0 fully saturated rings. The highest BCUT2D eigenvalue weighted by Crippen LogP contribution is 2.23. The molecule has 10 nitrogen and oxygen atoms in total. The number of rotatable bonds is 4. The van der Waals surface area contributed by atoms with E-state index in [2.05, 4.69) is 42.3 Å². The van der Waals surface area contributed by atoms with Crippen molar-refractivity contribution in [3.05, 3.63) is 46.8 Å². The van der Waals surface area contributed by atoms with Crippen LogP contribution in [0.1, 0.15) is 27.3 Å². The molecule has 0 saturated carbocycles. The van der Waals surface area contributed by atoms with Crippen molar-refractivity contribution >= 4 is 11.8 Å². The Kier molecular flexibility index (Phi) is 4.09. The summed E-state index contributed by atoms with van der Waals surface area (Å²) in [6.45, 7) is 2.03. The summed E-state index contributed by atoms with van der Waals surface area (Å²) in [5.74, 6) is -0.310. The molecule has 0 saturated heterocycles. The normalized spacial score (nSPS) is 14.2. The van der Waals surface area contributed by atoms with Crippen LogP contribution in [0, 0.1) is 0 Å². The lowest BCUT2D eigenvalue weighted by Crippen LogP contribution is -2.31. The average molecular weight is 355 g/mol. The van der Waals surface area contributed by atoms with Crippen molar-refractivity contribution in [2.75, 3.05) is 19.4 Å². The minimum atomic E-state index is -0.571. The fraction of sp³-hybridized carbons (Fsp3) is 0.312. The fourth-order valence-electron chi connectivity index (χ4n) is 3.11. The molecule has 4 rings (SSSR count). The fourth-order valence-corrected chi connectivity index (χ4v) is 3.11. The molecule has 134 valence electrons. The van der Waals surface area contributed by atoms with Gasteiger partial charge in [0.1, 0.15) is 0 Å². The number of aromatic nitrogens is 5. The number of nitrogens with two attached hydrogens (primary N) is 1. The molecule has 3 heterocycles. The Morgan fingerprint density at radius 3 is 2.85 bits per heavy atom. The number of esters is 1. The molecule has 0 radical (unpaired) electrons. The first-order chi connectivity index (χ1) is 12.7. The van der Waals surface area contributed by atoms with Gasteiger partial charge in [0.25, 0.3) is 0 Å². The molecule has 2 aromatic heterocycles. The van der Waals surface area contributed by atoms with Crippen LogP contribution in [0.5, 0.6) is 0 Å². The molecule has 0 spiro atoms. The summed E-state index contributed by atoms with van der Waals surface area (Å²) < 4.78 is 10.8. The molecule has 2 N–H and O–H groups in total. The van der Waals surface area contributed by atoms with Crippen LogP contribution in [-0.4, -0.2) is 49.8 Å². The summed E-state index contributed by atoms with van der Waals surface area (Å²) in [6.07, 6.45) is 0.930. The molecule has 1 aliphatic rings. The van der Waals surface area contributed by atoms with Gasteiger partial charge in [-0.15, -0.1) is 5.10 Å². The number of hydrogen-bond acceptors (Lipinski definition) is 9. The van der Waals surface area contributed by atoms with E-state index in [1.54, 1.807) is 0 Å². The van der Waals surface area contributed by atoms with Crippen LogP contribution in [0.4, 0.5) is 5.82 Å². The zero-order chi connectivity index (χ0) is 18.1. The molecule has 0 bridgehead atoms. The predicted molar refractivity (Wildman–Crippen MR) is 89.2 cm³/mol.